The molecule has 0 radical (unpaired) electrons. The van der Waals surface area contributed by atoms with Gasteiger partial charge in [0.25, 0.3) is 0 Å². The van der Waals surface area contributed by atoms with Gasteiger partial charge in [0.05, 0.1) is 12.2 Å². The van der Waals surface area contributed by atoms with Crippen LogP contribution in [0.5, 0.6) is 0 Å². The topological polar surface area (TPSA) is 8.17 Å². The largest absolute Gasteiger partial charge is 0.365 e. The summed E-state index contributed by atoms with van der Waals surface area (Å²) in [7, 11) is 0. The lowest BCUT2D eigenvalue weighted by molar-refractivity contribution is 0.597. The van der Waals surface area contributed by atoms with E-state index in [1.54, 1.807) is 12.1 Å². The van der Waals surface area contributed by atoms with E-state index in [1.165, 1.54) is 33.6 Å². The number of halogens is 1. The maximum absolute atomic E-state index is 14.4. The van der Waals surface area contributed by atoms with Crippen molar-refractivity contribution in [2.24, 2.45) is 0 Å². The van der Waals surface area contributed by atoms with Crippen molar-refractivity contribution in [2.45, 2.75) is 32.9 Å². The predicted octanol–water partition coefficient (Wildman–Crippen LogP) is 6.14. The molecule has 0 saturated heterocycles. The Bertz CT molecular complexity index is 1190. The first-order valence-corrected chi connectivity index (χ1v) is 11.0. The third kappa shape index (κ3) is 4.00. The van der Waals surface area contributed by atoms with Crippen LogP contribution in [0.15, 0.2) is 85.1 Å². The van der Waals surface area contributed by atoms with Gasteiger partial charge in [0, 0.05) is 42.5 Å². The molecule has 0 atom stereocenters. The van der Waals surface area contributed by atoms with Crippen molar-refractivity contribution in [1.82, 2.24) is 4.57 Å². The van der Waals surface area contributed by atoms with Gasteiger partial charge in [0.1, 0.15) is 5.82 Å². The van der Waals surface area contributed by atoms with Crippen molar-refractivity contribution in [1.29, 1.82) is 0 Å². The molecule has 1 aromatic heterocycles. The number of hydrogen-bond donors (Lipinski definition) is 0. The first-order chi connectivity index (χ1) is 15.2. The maximum atomic E-state index is 14.4. The Morgan fingerprint density at radius 1 is 0.839 bits per heavy atom. The van der Waals surface area contributed by atoms with Crippen molar-refractivity contribution in [3.05, 3.63) is 124 Å². The molecule has 2 heterocycles. The summed E-state index contributed by atoms with van der Waals surface area (Å²) in [6, 6.07) is 26.4. The molecule has 0 bridgehead atoms. The highest BCUT2D eigenvalue weighted by molar-refractivity contribution is 5.59. The second-order valence-corrected chi connectivity index (χ2v) is 8.40. The van der Waals surface area contributed by atoms with E-state index >= 15 is 0 Å². The lowest BCUT2D eigenvalue weighted by Crippen LogP contribution is -2.30. The average molecular weight is 411 g/mol. The summed E-state index contributed by atoms with van der Waals surface area (Å²) in [6.45, 7) is 4.63. The molecule has 0 unspecified atom stereocenters. The first-order valence-electron chi connectivity index (χ1n) is 11.0. The Hall–Kier alpha value is -3.33. The van der Waals surface area contributed by atoms with Crippen LogP contribution in [-0.4, -0.2) is 11.1 Å². The van der Waals surface area contributed by atoms with Crippen LogP contribution in [-0.2, 0) is 25.9 Å². The van der Waals surface area contributed by atoms with Crippen molar-refractivity contribution in [2.75, 3.05) is 11.4 Å². The highest BCUT2D eigenvalue weighted by atomic mass is 19.1. The summed E-state index contributed by atoms with van der Waals surface area (Å²) in [5, 5.41) is 0. The number of rotatable bonds is 5. The van der Waals surface area contributed by atoms with Gasteiger partial charge in [0.15, 0.2) is 0 Å². The van der Waals surface area contributed by atoms with Gasteiger partial charge < -0.3 is 9.47 Å². The Balaban J connectivity index is 1.53. The molecule has 0 N–H and O–H groups in total. The van der Waals surface area contributed by atoms with E-state index in [2.05, 4.69) is 77.2 Å². The molecule has 5 rings (SSSR count). The van der Waals surface area contributed by atoms with E-state index < -0.39 is 0 Å². The molecular formula is C28H27FN2. The summed E-state index contributed by atoms with van der Waals surface area (Å²) in [4.78, 5) is 2.49. The summed E-state index contributed by atoms with van der Waals surface area (Å²) < 4.78 is 16.6. The van der Waals surface area contributed by atoms with Gasteiger partial charge >= 0.3 is 0 Å². The van der Waals surface area contributed by atoms with E-state index in [0.29, 0.717) is 6.54 Å². The minimum absolute atomic E-state index is 0.145. The fourth-order valence-electron chi connectivity index (χ4n) is 4.65. The number of anilines is 1. The summed E-state index contributed by atoms with van der Waals surface area (Å²) in [5.41, 5.74) is 8.69. The molecule has 31 heavy (non-hydrogen) atoms. The molecule has 156 valence electrons. The second-order valence-electron chi connectivity index (χ2n) is 8.40. The van der Waals surface area contributed by atoms with Crippen LogP contribution in [0.25, 0.3) is 0 Å². The molecule has 0 spiro atoms. The minimum Gasteiger partial charge on any atom is -0.365 e. The van der Waals surface area contributed by atoms with E-state index in [-0.39, 0.29) is 5.82 Å². The summed E-state index contributed by atoms with van der Waals surface area (Å²) >= 11 is 0. The molecule has 1 aliphatic rings. The highest BCUT2D eigenvalue weighted by Crippen LogP contribution is 2.33. The van der Waals surface area contributed by atoms with Crippen molar-refractivity contribution in [3.63, 3.8) is 0 Å². The monoisotopic (exact) mass is 410 g/mol. The Morgan fingerprint density at radius 3 is 2.35 bits per heavy atom. The zero-order chi connectivity index (χ0) is 21.2. The number of hydrogen-bond acceptors (Lipinski definition) is 1. The fourth-order valence-corrected chi connectivity index (χ4v) is 4.65. The van der Waals surface area contributed by atoms with E-state index in [0.717, 1.165) is 31.5 Å². The van der Waals surface area contributed by atoms with Gasteiger partial charge in [-0.25, -0.2) is 4.39 Å². The molecule has 0 fully saturated rings. The normalized spacial score (nSPS) is 13.3. The zero-order valence-corrected chi connectivity index (χ0v) is 17.9. The zero-order valence-electron chi connectivity index (χ0n) is 17.9. The molecule has 0 amide bonds. The standard InChI is InChI=1S/C28H27FN2/c1-21-26(17-22-9-3-2-4-10-22)28(20-31(21)19-25-13-7-8-14-27(25)29)30-16-15-23-11-5-6-12-24(23)18-30/h2-14,20H,15-19H2,1H3. The van der Waals surface area contributed by atoms with Crippen LogP contribution in [0.2, 0.25) is 0 Å². The third-order valence-corrected chi connectivity index (χ3v) is 6.45. The van der Waals surface area contributed by atoms with E-state index in [1.807, 2.05) is 12.1 Å². The van der Waals surface area contributed by atoms with Gasteiger partial charge in [-0.3, -0.25) is 0 Å². The fraction of sp³-hybridized carbons (Fsp3) is 0.214. The van der Waals surface area contributed by atoms with Gasteiger partial charge in [-0.15, -0.1) is 0 Å². The molecule has 3 aromatic carbocycles. The molecule has 0 aliphatic carbocycles. The Kier molecular flexibility index (Phi) is 5.33. The highest BCUT2D eigenvalue weighted by Gasteiger charge is 2.22. The molecule has 4 aromatic rings. The van der Waals surface area contributed by atoms with Crippen LogP contribution >= 0.6 is 0 Å². The number of benzene rings is 3. The molecule has 2 nitrogen and oxygen atoms in total. The molecule has 3 heteroatoms. The first kappa shape index (κ1) is 19.6. The third-order valence-electron chi connectivity index (χ3n) is 6.45. The number of aromatic nitrogens is 1. The second kappa shape index (κ2) is 8.43. The van der Waals surface area contributed by atoms with Crippen molar-refractivity contribution < 1.29 is 4.39 Å². The maximum Gasteiger partial charge on any atom is 0.128 e. The van der Waals surface area contributed by atoms with E-state index in [9.17, 15) is 4.39 Å². The van der Waals surface area contributed by atoms with Gasteiger partial charge in [0.2, 0.25) is 0 Å². The molecule has 0 saturated carbocycles. The van der Waals surface area contributed by atoms with Crippen LogP contribution in [0.1, 0.15) is 33.5 Å². The van der Waals surface area contributed by atoms with Gasteiger partial charge in [-0.2, -0.15) is 0 Å². The van der Waals surface area contributed by atoms with Gasteiger partial charge in [-0.05, 0) is 36.1 Å². The SMILES string of the molecule is Cc1c(Cc2ccccc2)c(N2CCc3ccccc3C2)cn1Cc1ccccc1F. The minimum atomic E-state index is -0.145. The van der Waals surface area contributed by atoms with Crippen molar-refractivity contribution >= 4 is 5.69 Å². The van der Waals surface area contributed by atoms with Crippen LogP contribution < -0.4 is 4.90 Å². The Labute approximate surface area is 183 Å². The smallest absolute Gasteiger partial charge is 0.128 e. The predicted molar refractivity (Wildman–Crippen MR) is 125 cm³/mol. The Morgan fingerprint density at radius 2 is 1.55 bits per heavy atom. The number of nitrogens with zero attached hydrogens (tertiary/aromatic N) is 2. The number of fused-ring (bicyclic) bond motifs is 1. The van der Waals surface area contributed by atoms with Crippen LogP contribution in [0.4, 0.5) is 10.1 Å². The lowest BCUT2D eigenvalue weighted by atomic mass is 9.98. The molecular weight excluding hydrogens is 383 g/mol. The van der Waals surface area contributed by atoms with E-state index in [4.69, 9.17) is 0 Å². The summed E-state index contributed by atoms with van der Waals surface area (Å²) in [5.74, 6) is -0.145. The van der Waals surface area contributed by atoms with Crippen molar-refractivity contribution in [3.8, 4) is 0 Å². The quantitative estimate of drug-likeness (QED) is 0.384. The van der Waals surface area contributed by atoms with Crippen LogP contribution in [0.3, 0.4) is 0 Å². The lowest BCUT2D eigenvalue weighted by Gasteiger charge is -2.31. The van der Waals surface area contributed by atoms with Gasteiger partial charge in [-0.1, -0.05) is 72.8 Å². The van der Waals surface area contributed by atoms with Crippen LogP contribution in [0, 0.1) is 12.7 Å². The average Bonchev–Trinajstić information content (AvgIpc) is 3.11. The summed E-state index contributed by atoms with van der Waals surface area (Å²) in [6.07, 6.45) is 4.16. The molecule has 1 aliphatic heterocycles.